The number of anilines is 1. The average Bonchev–Trinajstić information content (AvgIpc) is 3.42. The molecule has 0 spiro atoms. The molecular weight excluding hydrogens is 430 g/mol. The minimum Gasteiger partial charge on any atom is -0.507 e. The zero-order valence-electron chi connectivity index (χ0n) is 17.5. The van der Waals surface area contributed by atoms with Gasteiger partial charge in [0.15, 0.2) is 16.6 Å². The third kappa shape index (κ3) is 3.82. The number of amides is 1. The molecule has 1 amide bonds. The minimum atomic E-state index is -0.885. The Kier molecular flexibility index (Phi) is 6.18. The molecule has 9 heteroatoms. The molecule has 1 aromatic carbocycles. The van der Waals surface area contributed by atoms with E-state index < -0.39 is 17.7 Å². The number of Topliss-reactive ketones (excluding diaryl/α,β-unsaturated/α-hetero) is 1. The van der Waals surface area contributed by atoms with Gasteiger partial charge >= 0.3 is 5.91 Å². The number of rotatable bonds is 7. The molecule has 8 nitrogen and oxygen atoms in total. The Bertz CT molecular complexity index is 1160. The second kappa shape index (κ2) is 9.19. The van der Waals surface area contributed by atoms with Crippen molar-refractivity contribution in [3.05, 3.63) is 71.0 Å². The molecule has 1 fully saturated rings. The van der Waals surface area contributed by atoms with Crippen LogP contribution in [0, 0.1) is 0 Å². The van der Waals surface area contributed by atoms with Crippen LogP contribution in [-0.4, -0.2) is 40.0 Å². The van der Waals surface area contributed by atoms with Crippen LogP contribution in [0.1, 0.15) is 31.0 Å². The Balaban J connectivity index is 1.92. The van der Waals surface area contributed by atoms with Gasteiger partial charge in [0, 0.05) is 29.5 Å². The van der Waals surface area contributed by atoms with Gasteiger partial charge in [0.25, 0.3) is 5.78 Å². The second-order valence-electron chi connectivity index (χ2n) is 6.79. The van der Waals surface area contributed by atoms with Crippen molar-refractivity contribution in [3.8, 4) is 11.5 Å². The number of pyridine rings is 1. The van der Waals surface area contributed by atoms with Crippen molar-refractivity contribution in [2.75, 3.05) is 18.1 Å². The quantitative estimate of drug-likeness (QED) is 0.329. The van der Waals surface area contributed by atoms with Crippen LogP contribution in [0.3, 0.4) is 0 Å². The number of thiazole rings is 1. The van der Waals surface area contributed by atoms with Crippen LogP contribution in [0.15, 0.2) is 59.9 Å². The fraction of sp³-hybridized carbons (Fsp3) is 0.217. The number of carbonyl (C=O) groups excluding carboxylic acids is 2. The van der Waals surface area contributed by atoms with Gasteiger partial charge in [-0.2, -0.15) is 0 Å². The summed E-state index contributed by atoms with van der Waals surface area (Å²) in [5.74, 6) is -0.778. The summed E-state index contributed by atoms with van der Waals surface area (Å²) in [6.07, 6.45) is 4.57. The number of aliphatic hydroxyl groups is 1. The SMILES string of the molecule is CCOc1ccc(C2C(=C(O)c3ccncc3)C(=O)C(=O)N2c2nccs2)cc1OCC. The van der Waals surface area contributed by atoms with Crippen LogP contribution in [-0.2, 0) is 9.59 Å². The van der Waals surface area contributed by atoms with Crippen molar-refractivity contribution in [2.24, 2.45) is 0 Å². The molecule has 164 valence electrons. The van der Waals surface area contributed by atoms with Crippen molar-refractivity contribution in [3.63, 3.8) is 0 Å². The largest absolute Gasteiger partial charge is 0.507 e. The molecule has 0 radical (unpaired) electrons. The maximum absolute atomic E-state index is 13.1. The topological polar surface area (TPSA) is 102 Å². The fourth-order valence-electron chi connectivity index (χ4n) is 3.58. The van der Waals surface area contributed by atoms with Crippen molar-refractivity contribution in [2.45, 2.75) is 19.9 Å². The number of carbonyl (C=O) groups is 2. The summed E-state index contributed by atoms with van der Waals surface area (Å²) in [7, 11) is 0. The molecule has 4 rings (SSSR count). The van der Waals surface area contributed by atoms with Crippen LogP contribution < -0.4 is 14.4 Å². The highest BCUT2D eigenvalue weighted by Crippen LogP contribution is 2.44. The predicted molar refractivity (Wildman–Crippen MR) is 120 cm³/mol. The van der Waals surface area contributed by atoms with E-state index in [0.29, 0.717) is 41.0 Å². The van der Waals surface area contributed by atoms with E-state index in [2.05, 4.69) is 9.97 Å². The Hall–Kier alpha value is -3.72. The van der Waals surface area contributed by atoms with Crippen molar-refractivity contribution in [1.29, 1.82) is 0 Å². The van der Waals surface area contributed by atoms with E-state index in [-0.39, 0.29) is 11.3 Å². The first kappa shape index (κ1) is 21.5. The molecule has 1 unspecified atom stereocenters. The molecule has 0 bridgehead atoms. The number of hydrogen-bond donors (Lipinski definition) is 1. The maximum atomic E-state index is 13.1. The van der Waals surface area contributed by atoms with E-state index in [0.717, 1.165) is 0 Å². The summed E-state index contributed by atoms with van der Waals surface area (Å²) in [6.45, 7) is 4.59. The van der Waals surface area contributed by atoms with E-state index >= 15 is 0 Å². The third-order valence-corrected chi connectivity index (χ3v) is 5.68. The van der Waals surface area contributed by atoms with Crippen LogP contribution >= 0.6 is 11.3 Å². The highest BCUT2D eigenvalue weighted by Gasteiger charge is 2.48. The summed E-state index contributed by atoms with van der Waals surface area (Å²) in [6, 6.07) is 7.48. The van der Waals surface area contributed by atoms with Gasteiger partial charge in [-0.25, -0.2) is 4.98 Å². The third-order valence-electron chi connectivity index (χ3n) is 4.91. The van der Waals surface area contributed by atoms with E-state index in [1.54, 1.807) is 41.9 Å². The Morgan fingerprint density at radius 1 is 1.06 bits per heavy atom. The van der Waals surface area contributed by atoms with Gasteiger partial charge in [-0.1, -0.05) is 6.07 Å². The van der Waals surface area contributed by atoms with Crippen molar-refractivity contribution < 1.29 is 24.2 Å². The van der Waals surface area contributed by atoms with Crippen LogP contribution in [0.5, 0.6) is 11.5 Å². The van der Waals surface area contributed by atoms with Gasteiger partial charge in [0.05, 0.1) is 24.8 Å². The second-order valence-corrected chi connectivity index (χ2v) is 7.66. The first-order valence-corrected chi connectivity index (χ1v) is 10.9. The fourth-order valence-corrected chi connectivity index (χ4v) is 4.25. The standard InChI is InChI=1S/C23H21N3O5S/c1-3-30-16-6-5-15(13-17(16)31-4-2)19-18(20(27)14-7-9-24-10-8-14)21(28)22(29)26(19)23-25-11-12-32-23/h5-13,19,27H,3-4H2,1-2H3. The number of ether oxygens (including phenoxy) is 2. The highest BCUT2D eigenvalue weighted by molar-refractivity contribution is 7.14. The molecule has 1 aliphatic rings. The Morgan fingerprint density at radius 2 is 1.78 bits per heavy atom. The number of hydrogen-bond acceptors (Lipinski definition) is 8. The molecule has 32 heavy (non-hydrogen) atoms. The monoisotopic (exact) mass is 451 g/mol. The summed E-state index contributed by atoms with van der Waals surface area (Å²) in [5, 5.41) is 13.1. The van der Waals surface area contributed by atoms with Gasteiger partial charge in [-0.3, -0.25) is 19.5 Å². The molecule has 3 aromatic rings. The van der Waals surface area contributed by atoms with E-state index in [4.69, 9.17) is 9.47 Å². The summed E-state index contributed by atoms with van der Waals surface area (Å²) >= 11 is 1.23. The molecular formula is C23H21N3O5S. The first-order valence-electron chi connectivity index (χ1n) is 10.1. The Morgan fingerprint density at radius 3 is 2.44 bits per heavy atom. The number of benzene rings is 1. The summed E-state index contributed by atoms with van der Waals surface area (Å²) in [4.78, 5) is 35.6. The zero-order chi connectivity index (χ0) is 22.7. The normalized spacial score (nSPS) is 17.6. The van der Waals surface area contributed by atoms with Crippen LogP contribution in [0.2, 0.25) is 0 Å². The van der Waals surface area contributed by atoms with E-state index in [9.17, 15) is 14.7 Å². The van der Waals surface area contributed by atoms with Crippen LogP contribution in [0.4, 0.5) is 5.13 Å². The zero-order valence-corrected chi connectivity index (χ0v) is 18.3. The van der Waals surface area contributed by atoms with Crippen molar-refractivity contribution in [1.82, 2.24) is 9.97 Å². The molecule has 1 aliphatic heterocycles. The maximum Gasteiger partial charge on any atom is 0.301 e. The molecule has 0 aliphatic carbocycles. The first-order chi connectivity index (χ1) is 15.6. The van der Waals surface area contributed by atoms with E-state index in [1.165, 1.54) is 28.6 Å². The van der Waals surface area contributed by atoms with Gasteiger partial charge in [0.2, 0.25) is 0 Å². The molecule has 0 saturated carbocycles. The van der Waals surface area contributed by atoms with Gasteiger partial charge in [-0.15, -0.1) is 11.3 Å². The lowest BCUT2D eigenvalue weighted by Gasteiger charge is -2.24. The van der Waals surface area contributed by atoms with Crippen molar-refractivity contribution >= 4 is 33.9 Å². The number of aliphatic hydroxyl groups excluding tert-OH is 1. The average molecular weight is 452 g/mol. The van der Waals surface area contributed by atoms with E-state index in [1.807, 2.05) is 13.8 Å². The molecule has 1 N–H and O–H groups in total. The van der Waals surface area contributed by atoms with Gasteiger partial charge < -0.3 is 14.6 Å². The van der Waals surface area contributed by atoms with Crippen LogP contribution in [0.25, 0.3) is 5.76 Å². The predicted octanol–water partition coefficient (Wildman–Crippen LogP) is 3.96. The molecule has 1 saturated heterocycles. The number of nitrogens with zero attached hydrogens (tertiary/aromatic N) is 3. The summed E-state index contributed by atoms with van der Waals surface area (Å²) < 4.78 is 11.4. The highest BCUT2D eigenvalue weighted by atomic mass is 32.1. The number of ketones is 1. The van der Waals surface area contributed by atoms with Gasteiger partial charge in [-0.05, 0) is 43.7 Å². The molecule has 1 atom stereocenters. The summed E-state index contributed by atoms with van der Waals surface area (Å²) in [5.41, 5.74) is 0.947. The molecule has 2 aromatic heterocycles. The smallest absolute Gasteiger partial charge is 0.301 e. The lowest BCUT2D eigenvalue weighted by Crippen LogP contribution is -2.29. The van der Waals surface area contributed by atoms with Gasteiger partial charge in [0.1, 0.15) is 5.76 Å². The Labute approximate surface area is 188 Å². The number of aromatic nitrogens is 2. The minimum absolute atomic E-state index is 0.0250. The lowest BCUT2D eigenvalue weighted by atomic mass is 9.95. The lowest BCUT2D eigenvalue weighted by molar-refractivity contribution is -0.132. The molecule has 3 heterocycles.